The van der Waals surface area contributed by atoms with Crippen LogP contribution in [0.5, 0.6) is 0 Å². The molecular weight excluding hydrogens is 313 g/mol. The number of ether oxygens (including phenoxy) is 1. The van der Waals surface area contributed by atoms with Gasteiger partial charge in [-0.15, -0.1) is 0 Å². The van der Waals surface area contributed by atoms with Gasteiger partial charge in [-0.05, 0) is 54.5 Å². The van der Waals surface area contributed by atoms with Crippen LogP contribution in [0.1, 0.15) is 25.8 Å². The Morgan fingerprint density at radius 2 is 2.06 bits per heavy atom. The number of aryl methyl sites for hydroxylation is 1. The number of aliphatic imine (C=N–C) groups is 1. The van der Waals surface area contributed by atoms with Crippen LogP contribution in [-0.4, -0.2) is 18.0 Å². The van der Waals surface area contributed by atoms with Crippen LogP contribution >= 0.6 is 22.6 Å². The highest BCUT2D eigenvalue weighted by molar-refractivity contribution is 14.1. The van der Waals surface area contributed by atoms with Gasteiger partial charge in [-0.1, -0.05) is 18.2 Å². The van der Waals surface area contributed by atoms with E-state index in [4.69, 9.17) is 4.74 Å². The van der Waals surface area contributed by atoms with Crippen molar-refractivity contribution in [2.45, 2.75) is 32.2 Å². The number of hydrogen-bond acceptors (Lipinski definition) is 2. The lowest BCUT2D eigenvalue weighted by molar-refractivity contribution is 0.274. The molecule has 0 spiro atoms. The van der Waals surface area contributed by atoms with E-state index in [1.807, 2.05) is 0 Å². The highest BCUT2D eigenvalue weighted by atomic mass is 127. The lowest BCUT2D eigenvalue weighted by Gasteiger charge is -2.07. The van der Waals surface area contributed by atoms with Crippen LogP contribution in [0, 0.1) is 3.57 Å². The zero-order chi connectivity index (χ0) is 11.6. The van der Waals surface area contributed by atoms with Crippen molar-refractivity contribution in [2.24, 2.45) is 4.99 Å². The van der Waals surface area contributed by atoms with Crippen LogP contribution in [0.2, 0.25) is 0 Å². The minimum Gasteiger partial charge on any atom is -0.478 e. The summed E-state index contributed by atoms with van der Waals surface area (Å²) >= 11 is 2.37. The normalized spacial score (nSPS) is 18.1. The summed E-state index contributed by atoms with van der Waals surface area (Å²) in [5, 5.41) is 0. The van der Waals surface area contributed by atoms with E-state index >= 15 is 0 Å². The first-order valence-corrected chi connectivity index (χ1v) is 6.60. The molecule has 0 bridgehead atoms. The van der Waals surface area contributed by atoms with Gasteiger partial charge < -0.3 is 4.74 Å². The number of benzene rings is 1. The van der Waals surface area contributed by atoms with Gasteiger partial charge in [0.2, 0.25) is 0 Å². The van der Waals surface area contributed by atoms with Crippen LogP contribution in [0.4, 0.5) is 0 Å². The Bertz CT molecular complexity index is 412. The van der Waals surface area contributed by atoms with Gasteiger partial charge in [-0.25, -0.2) is 4.99 Å². The Morgan fingerprint density at radius 3 is 2.69 bits per heavy atom. The molecule has 1 aliphatic heterocycles. The molecule has 2 rings (SSSR count). The summed E-state index contributed by atoms with van der Waals surface area (Å²) in [6.07, 6.45) is 1.91. The topological polar surface area (TPSA) is 21.6 Å². The Balaban J connectivity index is 1.96. The van der Waals surface area contributed by atoms with Gasteiger partial charge in [0.05, 0.1) is 5.54 Å². The summed E-state index contributed by atoms with van der Waals surface area (Å²) in [6.45, 7) is 4.92. The third-order valence-electron chi connectivity index (χ3n) is 2.59. The Kier molecular flexibility index (Phi) is 3.52. The van der Waals surface area contributed by atoms with Gasteiger partial charge in [0.25, 0.3) is 0 Å². The summed E-state index contributed by atoms with van der Waals surface area (Å²) in [7, 11) is 0. The monoisotopic (exact) mass is 329 g/mol. The fraction of sp³-hybridized carbons (Fsp3) is 0.462. The lowest BCUT2D eigenvalue weighted by Crippen LogP contribution is -2.17. The largest absolute Gasteiger partial charge is 0.478 e. The molecule has 86 valence electrons. The predicted molar refractivity (Wildman–Crippen MR) is 74.9 cm³/mol. The summed E-state index contributed by atoms with van der Waals surface area (Å²) in [4.78, 5) is 4.56. The van der Waals surface area contributed by atoms with Crippen molar-refractivity contribution >= 4 is 28.5 Å². The van der Waals surface area contributed by atoms with Crippen molar-refractivity contribution in [1.82, 2.24) is 0 Å². The van der Waals surface area contributed by atoms with E-state index in [0.29, 0.717) is 6.61 Å². The molecule has 1 aliphatic rings. The molecule has 2 nitrogen and oxygen atoms in total. The maximum atomic E-state index is 5.58. The second kappa shape index (κ2) is 4.73. The van der Waals surface area contributed by atoms with Crippen molar-refractivity contribution in [1.29, 1.82) is 0 Å². The van der Waals surface area contributed by atoms with Crippen LogP contribution in [0.25, 0.3) is 0 Å². The highest BCUT2D eigenvalue weighted by Gasteiger charge is 2.25. The highest BCUT2D eigenvalue weighted by Crippen LogP contribution is 2.20. The van der Waals surface area contributed by atoms with Gasteiger partial charge in [0.15, 0.2) is 5.90 Å². The van der Waals surface area contributed by atoms with E-state index in [0.717, 1.165) is 18.7 Å². The molecule has 0 N–H and O–H groups in total. The first-order chi connectivity index (χ1) is 7.57. The van der Waals surface area contributed by atoms with Crippen molar-refractivity contribution in [3.05, 3.63) is 33.4 Å². The van der Waals surface area contributed by atoms with Crippen molar-refractivity contribution in [3.63, 3.8) is 0 Å². The molecule has 3 heteroatoms. The number of nitrogens with zero attached hydrogens (tertiary/aromatic N) is 1. The SMILES string of the molecule is CC1(C)COC(CCc2ccccc2I)=N1. The fourth-order valence-electron chi connectivity index (χ4n) is 1.73. The van der Waals surface area contributed by atoms with Gasteiger partial charge >= 0.3 is 0 Å². The molecule has 0 fully saturated rings. The van der Waals surface area contributed by atoms with Gasteiger partial charge in [-0.3, -0.25) is 0 Å². The van der Waals surface area contributed by atoms with E-state index in [9.17, 15) is 0 Å². The zero-order valence-electron chi connectivity index (χ0n) is 9.66. The average molecular weight is 329 g/mol. The molecular formula is C13H16INO. The Hall–Kier alpha value is -0.580. The summed E-state index contributed by atoms with van der Waals surface area (Å²) in [5.74, 6) is 0.907. The summed E-state index contributed by atoms with van der Waals surface area (Å²) in [6, 6.07) is 8.45. The first kappa shape index (κ1) is 11.9. The second-order valence-corrected chi connectivity index (χ2v) is 5.86. The molecule has 16 heavy (non-hydrogen) atoms. The third-order valence-corrected chi connectivity index (χ3v) is 3.64. The van der Waals surface area contributed by atoms with Crippen LogP contribution in [0.15, 0.2) is 29.3 Å². The van der Waals surface area contributed by atoms with E-state index < -0.39 is 0 Å². The molecule has 0 atom stereocenters. The van der Waals surface area contributed by atoms with E-state index in [1.54, 1.807) is 0 Å². The third kappa shape index (κ3) is 2.97. The van der Waals surface area contributed by atoms with E-state index in [1.165, 1.54) is 9.13 Å². The van der Waals surface area contributed by atoms with Crippen LogP contribution in [-0.2, 0) is 11.2 Å². The fourth-order valence-corrected chi connectivity index (χ4v) is 2.39. The number of rotatable bonds is 3. The molecule has 1 aromatic carbocycles. The maximum Gasteiger partial charge on any atom is 0.184 e. The molecule has 0 radical (unpaired) electrons. The maximum absolute atomic E-state index is 5.58. The predicted octanol–water partition coefficient (Wildman–Crippen LogP) is 3.43. The quantitative estimate of drug-likeness (QED) is 0.779. The van der Waals surface area contributed by atoms with Crippen molar-refractivity contribution in [2.75, 3.05) is 6.61 Å². The molecule has 1 heterocycles. The number of hydrogen-bond donors (Lipinski definition) is 0. The minimum atomic E-state index is -0.0286. The zero-order valence-corrected chi connectivity index (χ0v) is 11.8. The average Bonchev–Trinajstić information content (AvgIpc) is 2.57. The van der Waals surface area contributed by atoms with Gasteiger partial charge in [-0.2, -0.15) is 0 Å². The summed E-state index contributed by atoms with van der Waals surface area (Å²) < 4.78 is 6.89. The molecule has 0 aliphatic carbocycles. The van der Waals surface area contributed by atoms with Crippen molar-refractivity contribution < 1.29 is 4.74 Å². The summed E-state index contributed by atoms with van der Waals surface area (Å²) in [5.41, 5.74) is 1.35. The molecule has 0 saturated carbocycles. The molecule has 0 unspecified atom stereocenters. The molecule has 1 aromatic rings. The Labute approximate surface area is 110 Å². The molecule has 0 saturated heterocycles. The van der Waals surface area contributed by atoms with E-state index in [2.05, 4.69) is 65.7 Å². The standard InChI is InChI=1S/C13H16INO/c1-13(2)9-16-12(15-13)8-7-10-5-3-4-6-11(10)14/h3-6H,7-9H2,1-2H3. The first-order valence-electron chi connectivity index (χ1n) is 5.52. The molecule has 0 amide bonds. The number of halogens is 1. The molecule has 0 aromatic heterocycles. The van der Waals surface area contributed by atoms with Gasteiger partial charge in [0, 0.05) is 9.99 Å². The smallest absolute Gasteiger partial charge is 0.184 e. The van der Waals surface area contributed by atoms with Gasteiger partial charge in [0.1, 0.15) is 6.61 Å². The van der Waals surface area contributed by atoms with E-state index in [-0.39, 0.29) is 5.54 Å². The minimum absolute atomic E-state index is 0.0286. The Morgan fingerprint density at radius 1 is 1.31 bits per heavy atom. The van der Waals surface area contributed by atoms with Crippen LogP contribution < -0.4 is 0 Å². The van der Waals surface area contributed by atoms with Crippen molar-refractivity contribution in [3.8, 4) is 0 Å². The lowest BCUT2D eigenvalue weighted by atomic mass is 10.1. The second-order valence-electron chi connectivity index (χ2n) is 4.70. The van der Waals surface area contributed by atoms with Crippen LogP contribution in [0.3, 0.4) is 0 Å².